The summed E-state index contributed by atoms with van der Waals surface area (Å²) in [5, 5.41) is 9.93. The molecule has 1 aliphatic heterocycles. The minimum absolute atomic E-state index is 0.196. The maximum atomic E-state index is 15.0. The largest absolute Gasteiger partial charge is 0.335 e. The van der Waals surface area contributed by atoms with Gasteiger partial charge in [-0.1, -0.05) is 41.9 Å². The van der Waals surface area contributed by atoms with Gasteiger partial charge in [0.05, 0.1) is 11.7 Å². The van der Waals surface area contributed by atoms with Gasteiger partial charge in [0.1, 0.15) is 11.9 Å². The average Bonchev–Trinajstić information content (AvgIpc) is 3.30. The summed E-state index contributed by atoms with van der Waals surface area (Å²) in [4.78, 5) is 26.7. The molecular weight excluding hydrogens is 491 g/mol. The lowest BCUT2D eigenvalue weighted by Crippen LogP contribution is -2.59. The summed E-state index contributed by atoms with van der Waals surface area (Å²) in [6.45, 7) is 2.09. The second-order valence-corrected chi connectivity index (χ2v) is 11.8. The molecule has 0 spiro atoms. The molecule has 4 bridgehead atoms. The first-order valence-electron chi connectivity index (χ1n) is 13.6. The standard InChI is InChI=1S/C29H34ClFN4O2/c1-17(32-29(37)33-27-20-13-18-12-19(15-20)16-21(27)14-18)28(36)34-11-10-25(22-6-2-3-7-23(22)30)35(34)26-9-5-4-8-24(26)31/h2-9,17-21,25,27H,10-16H2,1H3,(H2,32,33,37). The Morgan fingerprint density at radius 1 is 0.973 bits per heavy atom. The summed E-state index contributed by atoms with van der Waals surface area (Å²) in [5.74, 6) is 2.07. The van der Waals surface area contributed by atoms with Crippen LogP contribution in [0.4, 0.5) is 14.9 Å². The fourth-order valence-corrected chi connectivity index (χ4v) is 7.92. The van der Waals surface area contributed by atoms with Crippen LogP contribution >= 0.6 is 11.6 Å². The SMILES string of the molecule is CC(NC(=O)NC1C2CC3CC(C2)CC1C3)C(=O)N1CCC(c2ccccc2Cl)N1c1ccccc1F. The first-order valence-corrected chi connectivity index (χ1v) is 13.9. The normalized spacial score (nSPS) is 30.9. The quantitative estimate of drug-likeness (QED) is 0.528. The van der Waals surface area contributed by atoms with E-state index < -0.39 is 11.9 Å². The Balaban J connectivity index is 1.18. The van der Waals surface area contributed by atoms with Crippen molar-refractivity contribution in [3.63, 3.8) is 0 Å². The molecule has 1 heterocycles. The molecule has 2 unspecified atom stereocenters. The zero-order valence-electron chi connectivity index (χ0n) is 21.1. The summed E-state index contributed by atoms with van der Waals surface area (Å²) in [6, 6.07) is 12.7. The first-order chi connectivity index (χ1) is 17.9. The van der Waals surface area contributed by atoms with Crippen LogP contribution in [-0.4, -0.2) is 35.6 Å². The van der Waals surface area contributed by atoms with E-state index in [1.54, 1.807) is 41.2 Å². The molecule has 2 N–H and O–H groups in total. The first kappa shape index (κ1) is 24.5. The molecule has 5 fully saturated rings. The zero-order valence-corrected chi connectivity index (χ0v) is 21.8. The predicted octanol–water partition coefficient (Wildman–Crippen LogP) is 5.69. The number of hydrazine groups is 1. The number of hydrogen-bond acceptors (Lipinski definition) is 3. The van der Waals surface area contributed by atoms with E-state index in [2.05, 4.69) is 10.6 Å². The topological polar surface area (TPSA) is 64.7 Å². The van der Waals surface area contributed by atoms with Crippen molar-refractivity contribution >= 4 is 29.2 Å². The van der Waals surface area contributed by atoms with Crippen LogP contribution in [0.25, 0.3) is 0 Å². The van der Waals surface area contributed by atoms with Crippen molar-refractivity contribution in [1.82, 2.24) is 15.6 Å². The van der Waals surface area contributed by atoms with Crippen LogP contribution < -0.4 is 15.6 Å². The number of hydrogen-bond donors (Lipinski definition) is 2. The molecule has 8 heteroatoms. The molecule has 0 aromatic heterocycles. The van der Waals surface area contributed by atoms with Crippen LogP contribution in [0.3, 0.4) is 0 Å². The summed E-state index contributed by atoms with van der Waals surface area (Å²) >= 11 is 6.51. The Hall–Kier alpha value is -2.80. The van der Waals surface area contributed by atoms with Gasteiger partial charge in [0.2, 0.25) is 0 Å². The van der Waals surface area contributed by atoms with E-state index in [0.717, 1.165) is 17.4 Å². The zero-order chi connectivity index (χ0) is 25.7. The maximum absolute atomic E-state index is 15.0. The summed E-state index contributed by atoms with van der Waals surface area (Å²) in [5.41, 5.74) is 1.14. The van der Waals surface area contributed by atoms with E-state index in [9.17, 15) is 14.0 Å². The monoisotopic (exact) mass is 524 g/mol. The van der Waals surface area contributed by atoms with Crippen LogP contribution in [0.15, 0.2) is 48.5 Å². The van der Waals surface area contributed by atoms with Gasteiger partial charge in [0, 0.05) is 17.6 Å². The highest BCUT2D eigenvalue weighted by Crippen LogP contribution is 2.53. The van der Waals surface area contributed by atoms with Crippen molar-refractivity contribution in [2.45, 2.75) is 63.6 Å². The van der Waals surface area contributed by atoms with Crippen LogP contribution in [0.2, 0.25) is 5.02 Å². The number of nitrogens with one attached hydrogen (secondary N) is 2. The number of anilines is 1. The van der Waals surface area contributed by atoms with E-state index in [4.69, 9.17) is 11.6 Å². The average molecular weight is 525 g/mol. The minimum atomic E-state index is -0.767. The van der Waals surface area contributed by atoms with Crippen LogP contribution in [0.1, 0.15) is 57.1 Å². The van der Waals surface area contributed by atoms with E-state index in [1.165, 1.54) is 38.2 Å². The number of nitrogens with zero attached hydrogens (tertiary/aromatic N) is 2. The second kappa shape index (κ2) is 9.82. The number of urea groups is 1. The van der Waals surface area contributed by atoms with Crippen molar-refractivity contribution in [3.8, 4) is 0 Å². The predicted molar refractivity (Wildman–Crippen MR) is 141 cm³/mol. The van der Waals surface area contributed by atoms with Gasteiger partial charge in [-0.05, 0) is 92.9 Å². The molecule has 5 aliphatic rings. The maximum Gasteiger partial charge on any atom is 0.315 e. The van der Waals surface area contributed by atoms with Gasteiger partial charge < -0.3 is 10.6 Å². The van der Waals surface area contributed by atoms with E-state index in [0.29, 0.717) is 35.5 Å². The van der Waals surface area contributed by atoms with Crippen molar-refractivity contribution in [3.05, 3.63) is 64.9 Å². The highest BCUT2D eigenvalue weighted by atomic mass is 35.5. The van der Waals surface area contributed by atoms with Gasteiger partial charge in [-0.2, -0.15) is 0 Å². The molecule has 1 saturated heterocycles. The van der Waals surface area contributed by atoms with Gasteiger partial charge in [0.15, 0.2) is 0 Å². The molecular formula is C29H34ClFN4O2. The van der Waals surface area contributed by atoms with Crippen LogP contribution in [0.5, 0.6) is 0 Å². The van der Waals surface area contributed by atoms with Gasteiger partial charge in [-0.25, -0.2) is 9.18 Å². The number of halogens is 2. The Morgan fingerprint density at radius 2 is 1.62 bits per heavy atom. The van der Waals surface area contributed by atoms with Gasteiger partial charge in [-0.15, -0.1) is 0 Å². The number of rotatable bonds is 5. The van der Waals surface area contributed by atoms with Gasteiger partial charge in [-0.3, -0.25) is 14.8 Å². The van der Waals surface area contributed by atoms with Crippen molar-refractivity contribution in [2.24, 2.45) is 23.7 Å². The molecule has 4 aliphatic carbocycles. The summed E-state index contributed by atoms with van der Waals surface area (Å²) in [6.07, 6.45) is 6.79. The van der Waals surface area contributed by atoms with Crippen molar-refractivity contribution < 1.29 is 14.0 Å². The van der Waals surface area contributed by atoms with E-state index in [1.807, 2.05) is 18.2 Å². The highest BCUT2D eigenvalue weighted by Gasteiger charge is 2.49. The lowest BCUT2D eigenvalue weighted by molar-refractivity contribution is -0.132. The molecule has 4 saturated carbocycles. The molecule has 37 heavy (non-hydrogen) atoms. The third-order valence-electron chi connectivity index (χ3n) is 9.03. The fraction of sp³-hybridized carbons (Fsp3) is 0.517. The third-order valence-corrected chi connectivity index (χ3v) is 9.37. The lowest BCUT2D eigenvalue weighted by atomic mass is 9.54. The number of benzene rings is 2. The molecule has 2 aromatic carbocycles. The molecule has 6 nitrogen and oxygen atoms in total. The lowest BCUT2D eigenvalue weighted by Gasteiger charge is -2.54. The van der Waals surface area contributed by atoms with Crippen molar-refractivity contribution in [1.29, 1.82) is 0 Å². The molecule has 2 aromatic rings. The minimum Gasteiger partial charge on any atom is -0.335 e. The molecule has 7 rings (SSSR count). The van der Waals surface area contributed by atoms with Crippen LogP contribution in [0, 0.1) is 29.5 Å². The highest BCUT2D eigenvalue weighted by molar-refractivity contribution is 6.31. The number of carbonyl (C=O) groups excluding carboxylic acids is 2. The number of para-hydroxylation sites is 1. The number of amides is 3. The summed E-state index contributed by atoms with van der Waals surface area (Å²) < 4.78 is 15.0. The fourth-order valence-electron chi connectivity index (χ4n) is 7.66. The Kier molecular flexibility index (Phi) is 6.51. The van der Waals surface area contributed by atoms with Gasteiger partial charge in [0.25, 0.3) is 5.91 Å². The number of carbonyl (C=O) groups is 2. The van der Waals surface area contributed by atoms with Crippen molar-refractivity contribution in [2.75, 3.05) is 11.6 Å². The van der Waals surface area contributed by atoms with Crippen LogP contribution in [-0.2, 0) is 4.79 Å². The Bertz CT molecular complexity index is 1160. The molecule has 2 atom stereocenters. The van der Waals surface area contributed by atoms with E-state index >= 15 is 0 Å². The molecule has 196 valence electrons. The Morgan fingerprint density at radius 3 is 2.30 bits per heavy atom. The smallest absolute Gasteiger partial charge is 0.315 e. The Labute approximate surface area is 222 Å². The molecule has 0 radical (unpaired) electrons. The molecule has 3 amide bonds. The summed E-state index contributed by atoms with van der Waals surface area (Å²) in [7, 11) is 0. The second-order valence-electron chi connectivity index (χ2n) is 11.4. The van der Waals surface area contributed by atoms with E-state index in [-0.39, 0.29) is 24.0 Å². The van der Waals surface area contributed by atoms with Gasteiger partial charge >= 0.3 is 6.03 Å². The third kappa shape index (κ3) is 4.56.